The first kappa shape index (κ1) is 26.5. The fourth-order valence-corrected chi connectivity index (χ4v) is 5.56. The normalized spacial score (nSPS) is 14.9. The molecule has 0 aliphatic carbocycles. The second-order valence-corrected chi connectivity index (χ2v) is 10.6. The number of ether oxygens (including phenoxy) is 1. The molecule has 0 spiro atoms. The topological polar surface area (TPSA) is 74.8 Å². The molecule has 0 saturated heterocycles. The summed E-state index contributed by atoms with van der Waals surface area (Å²) < 4.78 is 6.24. The minimum Gasteiger partial charge on any atom is -0.497 e. The van der Waals surface area contributed by atoms with Crippen LogP contribution in [0.1, 0.15) is 29.2 Å². The van der Waals surface area contributed by atoms with Crippen LogP contribution >= 0.6 is 15.9 Å². The Morgan fingerprint density at radius 3 is 2.37 bits per heavy atom. The number of aromatic nitrogens is 1. The van der Waals surface area contributed by atoms with E-state index in [0.717, 1.165) is 43.4 Å². The Morgan fingerprint density at radius 2 is 1.66 bits per heavy atom. The predicted molar refractivity (Wildman–Crippen MR) is 167 cm³/mol. The highest BCUT2D eigenvalue weighted by Gasteiger charge is 2.34. The predicted octanol–water partition coefficient (Wildman–Crippen LogP) is 7.36. The van der Waals surface area contributed by atoms with E-state index < -0.39 is 6.04 Å². The molecule has 0 saturated carbocycles. The lowest BCUT2D eigenvalue weighted by molar-refractivity contribution is -0.127. The van der Waals surface area contributed by atoms with Crippen LogP contribution in [0.15, 0.2) is 124 Å². The van der Waals surface area contributed by atoms with Crippen LogP contribution in [0.2, 0.25) is 0 Å². The molecule has 7 heteroatoms. The van der Waals surface area contributed by atoms with Crippen molar-refractivity contribution in [1.82, 2.24) is 9.99 Å². The van der Waals surface area contributed by atoms with Crippen molar-refractivity contribution in [3.8, 4) is 16.9 Å². The van der Waals surface area contributed by atoms with Crippen LogP contribution < -0.4 is 10.3 Å². The maximum Gasteiger partial charge on any atom is 0.267 e. The van der Waals surface area contributed by atoms with Crippen molar-refractivity contribution in [3.63, 3.8) is 0 Å². The summed E-state index contributed by atoms with van der Waals surface area (Å²) >= 11 is 3.59. The molecule has 6 rings (SSSR count). The molecule has 0 radical (unpaired) electrons. The second-order valence-electron chi connectivity index (χ2n) is 9.73. The average Bonchev–Trinajstić information content (AvgIpc) is 3.45. The van der Waals surface area contributed by atoms with Crippen LogP contribution in [0.3, 0.4) is 0 Å². The minimum absolute atomic E-state index is 0.250. The highest BCUT2D eigenvalue weighted by atomic mass is 79.9. The van der Waals surface area contributed by atoms with Gasteiger partial charge in [-0.25, -0.2) is 5.01 Å². The summed E-state index contributed by atoms with van der Waals surface area (Å²) in [5, 5.41) is 7.20. The molecule has 2 heterocycles. The molecule has 6 nitrogen and oxygen atoms in total. The Kier molecular flexibility index (Phi) is 7.35. The molecule has 1 aliphatic heterocycles. The van der Waals surface area contributed by atoms with Crippen molar-refractivity contribution in [3.05, 3.63) is 141 Å². The Labute approximate surface area is 245 Å². The number of amides is 1. The van der Waals surface area contributed by atoms with E-state index in [1.165, 1.54) is 11.1 Å². The van der Waals surface area contributed by atoms with Gasteiger partial charge in [-0.3, -0.25) is 9.59 Å². The first-order chi connectivity index (χ1) is 20.0. The van der Waals surface area contributed by atoms with Gasteiger partial charge in [0.2, 0.25) is 0 Å². The number of H-pyrrole nitrogens is 1. The van der Waals surface area contributed by atoms with E-state index in [4.69, 9.17) is 9.84 Å². The van der Waals surface area contributed by atoms with E-state index >= 15 is 0 Å². The molecule has 1 amide bonds. The van der Waals surface area contributed by atoms with Crippen molar-refractivity contribution in [2.75, 3.05) is 7.11 Å². The average molecular weight is 605 g/mol. The third-order valence-corrected chi connectivity index (χ3v) is 7.68. The molecule has 202 valence electrons. The third-order valence-electron chi connectivity index (χ3n) is 7.18. The van der Waals surface area contributed by atoms with Gasteiger partial charge in [-0.15, -0.1) is 0 Å². The number of hydrogen-bond acceptors (Lipinski definition) is 4. The summed E-state index contributed by atoms with van der Waals surface area (Å²) in [6.07, 6.45) is 3.68. The molecule has 5 aromatic rings. The number of nitrogens with zero attached hydrogens (tertiary/aromatic N) is 2. The number of rotatable bonds is 6. The smallest absolute Gasteiger partial charge is 0.267 e. The van der Waals surface area contributed by atoms with Crippen LogP contribution in [-0.4, -0.2) is 28.7 Å². The maximum absolute atomic E-state index is 13.7. The van der Waals surface area contributed by atoms with Crippen molar-refractivity contribution in [2.45, 2.75) is 12.5 Å². The summed E-state index contributed by atoms with van der Waals surface area (Å²) in [6, 6.07) is 32.4. The second kappa shape index (κ2) is 11.4. The van der Waals surface area contributed by atoms with Crippen LogP contribution in [0.25, 0.3) is 28.1 Å². The molecule has 4 aromatic carbocycles. The first-order valence-corrected chi connectivity index (χ1v) is 14.0. The number of pyridine rings is 1. The van der Waals surface area contributed by atoms with Crippen molar-refractivity contribution < 1.29 is 9.53 Å². The maximum atomic E-state index is 13.7. The van der Waals surface area contributed by atoms with Crippen LogP contribution in [0.4, 0.5) is 0 Å². The number of nitrogens with one attached hydrogen (secondary N) is 1. The number of methoxy groups -OCH3 is 1. The van der Waals surface area contributed by atoms with Gasteiger partial charge in [0.25, 0.3) is 11.5 Å². The summed E-state index contributed by atoms with van der Waals surface area (Å²) in [5.74, 6) is 0.448. The van der Waals surface area contributed by atoms with Crippen LogP contribution in [-0.2, 0) is 4.79 Å². The molecule has 1 aromatic heterocycles. The van der Waals surface area contributed by atoms with Gasteiger partial charge in [-0.1, -0.05) is 88.7 Å². The summed E-state index contributed by atoms with van der Waals surface area (Å²) in [4.78, 5) is 30.4. The van der Waals surface area contributed by atoms with E-state index in [1.807, 2.05) is 103 Å². The van der Waals surface area contributed by atoms with Gasteiger partial charge in [0.1, 0.15) is 5.75 Å². The summed E-state index contributed by atoms with van der Waals surface area (Å²) in [7, 11) is 1.62. The van der Waals surface area contributed by atoms with E-state index in [2.05, 4.69) is 20.9 Å². The largest absolute Gasteiger partial charge is 0.497 e. The zero-order valence-electron chi connectivity index (χ0n) is 22.3. The lowest BCUT2D eigenvalue weighted by atomic mass is 9.91. The SMILES string of the molecule is COc1ccc(C2CC(c3c(-c4ccccc4)c4cc(Br)ccc4[nH]c3=O)=NN2C(=O)/C=C/c2ccccc2)cc1. The number of carbonyl (C=O) groups is 1. The van der Waals surface area contributed by atoms with Crippen LogP contribution in [0.5, 0.6) is 5.75 Å². The van der Waals surface area contributed by atoms with Crippen molar-refractivity contribution in [2.24, 2.45) is 5.10 Å². The number of aromatic amines is 1. The van der Waals surface area contributed by atoms with Gasteiger partial charge in [0.05, 0.1) is 24.4 Å². The fraction of sp³-hybridized carbons (Fsp3) is 0.0882. The lowest BCUT2D eigenvalue weighted by Crippen LogP contribution is -2.25. The summed E-state index contributed by atoms with van der Waals surface area (Å²) in [6.45, 7) is 0. The Morgan fingerprint density at radius 1 is 0.951 bits per heavy atom. The van der Waals surface area contributed by atoms with Gasteiger partial charge in [-0.2, -0.15) is 5.10 Å². The monoisotopic (exact) mass is 603 g/mol. The third kappa shape index (κ3) is 5.36. The molecule has 1 atom stereocenters. The Hall–Kier alpha value is -4.75. The molecule has 1 unspecified atom stereocenters. The molecular formula is C34H26BrN3O3. The first-order valence-electron chi connectivity index (χ1n) is 13.2. The van der Waals surface area contributed by atoms with Gasteiger partial charge in [0, 0.05) is 33.4 Å². The highest BCUT2D eigenvalue weighted by Crippen LogP contribution is 2.38. The minimum atomic E-state index is -0.398. The van der Waals surface area contributed by atoms with E-state index in [9.17, 15) is 9.59 Å². The molecule has 0 bridgehead atoms. The number of halogens is 1. The van der Waals surface area contributed by atoms with E-state index in [1.54, 1.807) is 13.2 Å². The zero-order chi connectivity index (χ0) is 28.3. The molecule has 0 fully saturated rings. The lowest BCUT2D eigenvalue weighted by Gasteiger charge is -2.21. The quantitative estimate of drug-likeness (QED) is 0.206. The highest BCUT2D eigenvalue weighted by molar-refractivity contribution is 9.10. The molecule has 41 heavy (non-hydrogen) atoms. The fourth-order valence-electron chi connectivity index (χ4n) is 5.20. The molecule has 1 N–H and O–H groups in total. The van der Waals surface area contributed by atoms with Crippen molar-refractivity contribution in [1.29, 1.82) is 0 Å². The van der Waals surface area contributed by atoms with Gasteiger partial charge in [-0.05, 0) is 53.1 Å². The van der Waals surface area contributed by atoms with Crippen molar-refractivity contribution >= 4 is 44.5 Å². The Balaban J connectivity index is 1.50. The number of hydrazone groups is 1. The number of benzene rings is 4. The molecule has 1 aliphatic rings. The van der Waals surface area contributed by atoms with Gasteiger partial charge < -0.3 is 9.72 Å². The number of carbonyl (C=O) groups excluding carboxylic acids is 1. The van der Waals surface area contributed by atoms with Gasteiger partial charge in [0.15, 0.2) is 0 Å². The van der Waals surface area contributed by atoms with E-state index in [-0.39, 0.29) is 11.5 Å². The standard InChI is InChI=1S/C34H26BrN3O3/c1-41-26-16-13-23(14-17-26)30-21-29(37-38(30)31(39)19-12-22-8-4-2-5-9-22)33-32(24-10-6-3-7-11-24)27-20-25(35)15-18-28(27)36-34(33)40/h2-20,30H,21H2,1H3,(H,36,40)/b19-12+. The summed E-state index contributed by atoms with van der Waals surface area (Å²) in [5.41, 5.74) is 4.98. The van der Waals surface area contributed by atoms with Crippen LogP contribution in [0, 0.1) is 0 Å². The van der Waals surface area contributed by atoms with E-state index in [0.29, 0.717) is 17.7 Å². The van der Waals surface area contributed by atoms with Gasteiger partial charge >= 0.3 is 0 Å². The Bertz CT molecular complexity index is 1850. The number of fused-ring (bicyclic) bond motifs is 1. The number of hydrogen-bond donors (Lipinski definition) is 1. The molecular weight excluding hydrogens is 578 g/mol. The zero-order valence-corrected chi connectivity index (χ0v) is 23.8.